The van der Waals surface area contributed by atoms with Crippen molar-refractivity contribution in [1.29, 1.82) is 0 Å². The Bertz CT molecular complexity index is 184. The van der Waals surface area contributed by atoms with Crippen LogP contribution >= 0.6 is 0 Å². The molecular formula is C10H22O4Si. The van der Waals surface area contributed by atoms with Crippen LogP contribution in [0.25, 0.3) is 0 Å². The van der Waals surface area contributed by atoms with Crippen molar-refractivity contribution < 1.29 is 19.4 Å². The van der Waals surface area contributed by atoms with Gasteiger partial charge in [-0.05, 0) is 19.1 Å². The van der Waals surface area contributed by atoms with Crippen LogP contribution in [0.2, 0.25) is 19.1 Å². The summed E-state index contributed by atoms with van der Waals surface area (Å²) in [5.74, 6) is 0. The van der Waals surface area contributed by atoms with Crippen molar-refractivity contribution in [3.8, 4) is 0 Å². The Labute approximate surface area is 92.4 Å². The molecule has 0 aliphatic carbocycles. The van der Waals surface area contributed by atoms with Gasteiger partial charge in [0.15, 0.2) is 8.32 Å². The molecule has 15 heavy (non-hydrogen) atoms. The van der Waals surface area contributed by atoms with Crippen LogP contribution in [-0.2, 0) is 9.22 Å². The third kappa shape index (κ3) is 6.04. The summed E-state index contributed by atoms with van der Waals surface area (Å²) in [6.07, 6.45) is 0.750. The van der Waals surface area contributed by atoms with E-state index in [0.29, 0.717) is 6.29 Å². The van der Waals surface area contributed by atoms with E-state index in [0.717, 1.165) is 18.9 Å². The molecule has 0 spiro atoms. The van der Waals surface area contributed by atoms with Gasteiger partial charge in [-0.15, -0.1) is 0 Å². The second-order valence-electron chi connectivity index (χ2n) is 4.33. The molecule has 0 bridgehead atoms. The standard InChI is InChI=1S/C10H22O4Si/c1-4-5-6-15(2,3)14-10(8-12)9(13)7-11/h8-11,13H,4-7H2,1-3H3/t9-,10-/m0/s1. The molecule has 0 unspecified atom stereocenters. The van der Waals surface area contributed by atoms with E-state index >= 15 is 0 Å². The van der Waals surface area contributed by atoms with Crippen LogP contribution in [-0.4, -0.2) is 43.6 Å². The number of hydrogen-bond acceptors (Lipinski definition) is 4. The number of carbonyl (C=O) groups excluding carboxylic acids is 1. The summed E-state index contributed by atoms with van der Waals surface area (Å²) in [7, 11) is -1.89. The fourth-order valence-corrected chi connectivity index (χ4v) is 3.60. The Balaban J connectivity index is 4.19. The van der Waals surface area contributed by atoms with Crippen LogP contribution in [0, 0.1) is 0 Å². The first-order chi connectivity index (χ1) is 6.96. The molecule has 0 saturated carbocycles. The first kappa shape index (κ1) is 14.8. The Hall–Kier alpha value is -0.233. The summed E-state index contributed by atoms with van der Waals surface area (Å²) < 4.78 is 5.60. The topological polar surface area (TPSA) is 66.8 Å². The SMILES string of the molecule is CCCC[Si](C)(C)O[C@@H](C=O)[C@@H](O)CO. The minimum absolute atomic E-state index is 0.443. The van der Waals surface area contributed by atoms with Gasteiger partial charge in [0, 0.05) is 0 Å². The molecule has 0 aliphatic rings. The fourth-order valence-electron chi connectivity index (χ4n) is 1.33. The van der Waals surface area contributed by atoms with Gasteiger partial charge in [-0.3, -0.25) is 0 Å². The zero-order valence-corrected chi connectivity index (χ0v) is 10.8. The van der Waals surface area contributed by atoms with E-state index in [2.05, 4.69) is 6.92 Å². The lowest BCUT2D eigenvalue weighted by molar-refractivity contribution is -0.120. The maximum absolute atomic E-state index is 10.7. The van der Waals surface area contributed by atoms with E-state index in [1.165, 1.54) is 0 Å². The van der Waals surface area contributed by atoms with Gasteiger partial charge in [0.05, 0.1) is 6.61 Å². The van der Waals surface area contributed by atoms with Gasteiger partial charge in [0.1, 0.15) is 18.5 Å². The number of carbonyl (C=O) groups is 1. The highest BCUT2D eigenvalue weighted by Gasteiger charge is 2.29. The summed E-state index contributed by atoms with van der Waals surface area (Å²) in [6, 6.07) is 0.964. The molecule has 0 fully saturated rings. The van der Waals surface area contributed by atoms with E-state index in [9.17, 15) is 9.90 Å². The molecule has 0 aromatic heterocycles. The van der Waals surface area contributed by atoms with Crippen molar-refractivity contribution in [2.75, 3.05) is 6.61 Å². The van der Waals surface area contributed by atoms with Crippen molar-refractivity contribution in [3.63, 3.8) is 0 Å². The Morgan fingerprint density at radius 3 is 2.47 bits per heavy atom. The highest BCUT2D eigenvalue weighted by atomic mass is 28.4. The summed E-state index contributed by atoms with van der Waals surface area (Å²) in [6.45, 7) is 5.69. The van der Waals surface area contributed by atoms with Gasteiger partial charge in [0.2, 0.25) is 0 Å². The van der Waals surface area contributed by atoms with Crippen molar-refractivity contribution >= 4 is 14.6 Å². The molecule has 5 heteroatoms. The molecule has 0 amide bonds. The maximum Gasteiger partial charge on any atom is 0.187 e. The van der Waals surface area contributed by atoms with Crippen molar-refractivity contribution in [1.82, 2.24) is 0 Å². The summed E-state index contributed by atoms with van der Waals surface area (Å²) >= 11 is 0. The minimum Gasteiger partial charge on any atom is -0.405 e. The van der Waals surface area contributed by atoms with Crippen LogP contribution in [0.5, 0.6) is 0 Å². The molecule has 90 valence electrons. The average Bonchev–Trinajstić information content (AvgIpc) is 2.22. The van der Waals surface area contributed by atoms with Crippen LogP contribution in [0.1, 0.15) is 19.8 Å². The summed E-state index contributed by atoms with van der Waals surface area (Å²) in [5, 5.41) is 18.1. The van der Waals surface area contributed by atoms with E-state index in [1.807, 2.05) is 13.1 Å². The molecule has 0 aliphatic heterocycles. The van der Waals surface area contributed by atoms with E-state index < -0.39 is 27.1 Å². The largest absolute Gasteiger partial charge is 0.405 e. The fraction of sp³-hybridized carbons (Fsp3) is 0.900. The zero-order chi connectivity index (χ0) is 11.9. The van der Waals surface area contributed by atoms with Gasteiger partial charge in [-0.2, -0.15) is 0 Å². The third-order valence-electron chi connectivity index (χ3n) is 2.29. The van der Waals surface area contributed by atoms with E-state index in [-0.39, 0.29) is 0 Å². The van der Waals surface area contributed by atoms with Crippen molar-refractivity contribution in [2.45, 2.75) is 51.1 Å². The van der Waals surface area contributed by atoms with Crippen molar-refractivity contribution in [2.24, 2.45) is 0 Å². The van der Waals surface area contributed by atoms with Crippen LogP contribution in [0.15, 0.2) is 0 Å². The molecule has 2 atom stereocenters. The molecule has 0 aromatic rings. The zero-order valence-electron chi connectivity index (χ0n) is 9.77. The number of hydrogen-bond donors (Lipinski definition) is 2. The Morgan fingerprint density at radius 1 is 1.47 bits per heavy atom. The van der Waals surface area contributed by atoms with Crippen molar-refractivity contribution in [3.05, 3.63) is 0 Å². The van der Waals surface area contributed by atoms with E-state index in [4.69, 9.17) is 9.53 Å². The molecule has 0 heterocycles. The lowest BCUT2D eigenvalue weighted by Gasteiger charge is -2.28. The molecule has 2 N–H and O–H groups in total. The molecule has 0 rings (SSSR count). The van der Waals surface area contributed by atoms with Gasteiger partial charge in [-0.1, -0.05) is 19.8 Å². The number of unbranched alkanes of at least 4 members (excludes halogenated alkanes) is 1. The van der Waals surface area contributed by atoms with Gasteiger partial charge >= 0.3 is 0 Å². The van der Waals surface area contributed by atoms with Crippen LogP contribution in [0.4, 0.5) is 0 Å². The quantitative estimate of drug-likeness (QED) is 0.484. The van der Waals surface area contributed by atoms with Crippen LogP contribution < -0.4 is 0 Å². The van der Waals surface area contributed by atoms with Gasteiger partial charge in [0.25, 0.3) is 0 Å². The predicted molar refractivity (Wildman–Crippen MR) is 61.2 cm³/mol. The number of aliphatic hydroxyl groups is 2. The number of aliphatic hydroxyl groups excluding tert-OH is 2. The number of rotatable bonds is 8. The maximum atomic E-state index is 10.7. The van der Waals surface area contributed by atoms with E-state index in [1.54, 1.807) is 0 Å². The Morgan fingerprint density at radius 2 is 2.07 bits per heavy atom. The monoisotopic (exact) mass is 234 g/mol. The molecule has 0 radical (unpaired) electrons. The van der Waals surface area contributed by atoms with Gasteiger partial charge in [-0.25, -0.2) is 0 Å². The summed E-state index contributed by atoms with van der Waals surface area (Å²) in [5.41, 5.74) is 0. The lowest BCUT2D eigenvalue weighted by Crippen LogP contribution is -2.43. The highest BCUT2D eigenvalue weighted by Crippen LogP contribution is 2.17. The molecular weight excluding hydrogens is 212 g/mol. The van der Waals surface area contributed by atoms with Crippen LogP contribution in [0.3, 0.4) is 0 Å². The molecule has 0 aromatic carbocycles. The summed E-state index contributed by atoms with van der Waals surface area (Å²) in [4.78, 5) is 10.7. The highest BCUT2D eigenvalue weighted by molar-refractivity contribution is 6.71. The number of aldehydes is 1. The van der Waals surface area contributed by atoms with Gasteiger partial charge < -0.3 is 19.4 Å². The average molecular weight is 234 g/mol. The molecule has 4 nitrogen and oxygen atoms in total. The second-order valence-corrected chi connectivity index (χ2v) is 8.59. The first-order valence-corrected chi connectivity index (χ1v) is 8.50. The Kier molecular flexibility index (Phi) is 7.00. The normalized spacial score (nSPS) is 16.1. The smallest absolute Gasteiger partial charge is 0.187 e. The third-order valence-corrected chi connectivity index (χ3v) is 4.76. The predicted octanol–water partition coefficient (Wildman–Crippen LogP) is 0.929. The second kappa shape index (κ2) is 7.11. The minimum atomic E-state index is -1.89. The lowest BCUT2D eigenvalue weighted by atomic mass is 10.2. The molecule has 0 saturated heterocycles. The first-order valence-electron chi connectivity index (χ1n) is 5.39.